The van der Waals surface area contributed by atoms with E-state index in [9.17, 15) is 4.79 Å². The zero-order chi connectivity index (χ0) is 11.5. The van der Waals surface area contributed by atoms with Crippen LogP contribution < -0.4 is 0 Å². The van der Waals surface area contributed by atoms with E-state index in [1.807, 2.05) is 12.1 Å². The number of carbonyl (C=O) groups is 1. The molecule has 0 atom stereocenters. The maximum absolute atomic E-state index is 10.5. The van der Waals surface area contributed by atoms with Gasteiger partial charge in [-0.25, -0.2) is 0 Å². The molecular formula is C13H15ClO2. The first-order valence-electron chi connectivity index (χ1n) is 5.69. The van der Waals surface area contributed by atoms with Gasteiger partial charge in [0.05, 0.1) is 0 Å². The lowest BCUT2D eigenvalue weighted by Crippen LogP contribution is -1.98. The molecule has 0 heterocycles. The van der Waals surface area contributed by atoms with Gasteiger partial charge in [-0.05, 0) is 60.9 Å². The van der Waals surface area contributed by atoms with Crippen molar-refractivity contribution >= 4 is 17.6 Å². The van der Waals surface area contributed by atoms with Crippen LogP contribution >= 0.6 is 11.6 Å². The second-order valence-electron chi connectivity index (χ2n) is 4.30. The van der Waals surface area contributed by atoms with Crippen LogP contribution in [0.1, 0.15) is 36.0 Å². The molecule has 0 radical (unpaired) electrons. The van der Waals surface area contributed by atoms with Crippen LogP contribution in [0.4, 0.5) is 0 Å². The molecule has 1 N–H and O–H groups in total. The number of rotatable bonds is 4. The Labute approximate surface area is 100 Å². The molecule has 16 heavy (non-hydrogen) atoms. The molecule has 0 aliphatic heterocycles. The van der Waals surface area contributed by atoms with Gasteiger partial charge in [0.15, 0.2) is 0 Å². The number of fused-ring (bicyclic) bond motifs is 1. The van der Waals surface area contributed by atoms with E-state index >= 15 is 0 Å². The molecule has 0 saturated carbocycles. The summed E-state index contributed by atoms with van der Waals surface area (Å²) in [5.74, 6) is -0.723. The Kier molecular flexibility index (Phi) is 3.49. The van der Waals surface area contributed by atoms with Gasteiger partial charge in [0.1, 0.15) is 0 Å². The molecule has 1 aliphatic carbocycles. The van der Waals surface area contributed by atoms with E-state index < -0.39 is 5.97 Å². The van der Waals surface area contributed by atoms with E-state index in [4.69, 9.17) is 16.7 Å². The van der Waals surface area contributed by atoms with E-state index in [-0.39, 0.29) is 6.42 Å². The van der Waals surface area contributed by atoms with Crippen molar-refractivity contribution in [2.24, 2.45) is 0 Å². The van der Waals surface area contributed by atoms with E-state index in [1.54, 1.807) is 0 Å². The molecule has 0 spiro atoms. The summed E-state index contributed by atoms with van der Waals surface area (Å²) in [5.41, 5.74) is 4.02. The van der Waals surface area contributed by atoms with Gasteiger partial charge >= 0.3 is 5.97 Å². The molecule has 3 heteroatoms. The van der Waals surface area contributed by atoms with E-state index in [0.717, 1.165) is 24.3 Å². The minimum absolute atomic E-state index is 0.237. The monoisotopic (exact) mass is 238 g/mol. The second kappa shape index (κ2) is 4.88. The number of carboxylic acid groups (broad SMARTS) is 1. The lowest BCUT2D eigenvalue weighted by molar-refractivity contribution is -0.137. The first-order valence-corrected chi connectivity index (χ1v) is 6.06. The maximum atomic E-state index is 10.5. The van der Waals surface area contributed by atoms with Gasteiger partial charge in [-0.15, -0.1) is 0 Å². The number of hydrogen-bond donors (Lipinski definition) is 1. The Morgan fingerprint density at radius 3 is 2.94 bits per heavy atom. The van der Waals surface area contributed by atoms with Crippen LogP contribution in [-0.2, 0) is 24.1 Å². The van der Waals surface area contributed by atoms with Crippen LogP contribution in [0.25, 0.3) is 0 Å². The van der Waals surface area contributed by atoms with Crippen LogP contribution in [0.15, 0.2) is 12.1 Å². The summed E-state index contributed by atoms with van der Waals surface area (Å²) in [6.45, 7) is 0. The van der Waals surface area contributed by atoms with Crippen LogP contribution in [0.2, 0.25) is 5.02 Å². The summed E-state index contributed by atoms with van der Waals surface area (Å²) < 4.78 is 0. The summed E-state index contributed by atoms with van der Waals surface area (Å²) in [4.78, 5) is 10.5. The van der Waals surface area contributed by atoms with Gasteiger partial charge in [-0.2, -0.15) is 0 Å². The maximum Gasteiger partial charge on any atom is 0.303 e. The van der Waals surface area contributed by atoms with Crippen LogP contribution in [-0.4, -0.2) is 11.1 Å². The number of hydrogen-bond acceptors (Lipinski definition) is 1. The summed E-state index contributed by atoms with van der Waals surface area (Å²) in [7, 11) is 0. The molecule has 1 aromatic rings. The molecule has 0 bridgehead atoms. The highest BCUT2D eigenvalue weighted by molar-refractivity contribution is 6.30. The summed E-state index contributed by atoms with van der Waals surface area (Å²) in [6.07, 6.45) is 5.19. The normalized spacial score (nSPS) is 13.8. The molecule has 2 rings (SSSR count). The number of aryl methyl sites for hydroxylation is 2. The van der Waals surface area contributed by atoms with Gasteiger partial charge in [-0.1, -0.05) is 11.6 Å². The van der Waals surface area contributed by atoms with Crippen LogP contribution in [0, 0.1) is 0 Å². The first-order chi connectivity index (χ1) is 7.66. The molecular weight excluding hydrogens is 224 g/mol. The minimum atomic E-state index is -0.723. The van der Waals surface area contributed by atoms with Crippen LogP contribution in [0.3, 0.4) is 0 Å². The lowest BCUT2D eigenvalue weighted by atomic mass is 9.99. The Bertz CT molecular complexity index is 413. The third-order valence-corrected chi connectivity index (χ3v) is 3.33. The second-order valence-corrected chi connectivity index (χ2v) is 4.74. The number of carboxylic acids is 1. The summed E-state index contributed by atoms with van der Waals surface area (Å²) >= 11 is 6.05. The van der Waals surface area contributed by atoms with Gasteiger partial charge in [0.25, 0.3) is 0 Å². The van der Waals surface area contributed by atoms with Gasteiger partial charge in [-0.3, -0.25) is 4.79 Å². The molecule has 0 unspecified atom stereocenters. The molecule has 2 nitrogen and oxygen atoms in total. The third kappa shape index (κ3) is 2.56. The number of aliphatic carboxylic acids is 1. The first kappa shape index (κ1) is 11.5. The van der Waals surface area contributed by atoms with Gasteiger partial charge < -0.3 is 5.11 Å². The van der Waals surface area contributed by atoms with Crippen molar-refractivity contribution in [1.29, 1.82) is 0 Å². The minimum Gasteiger partial charge on any atom is -0.481 e. The third-order valence-electron chi connectivity index (χ3n) is 3.11. The fourth-order valence-corrected chi connectivity index (χ4v) is 2.67. The van der Waals surface area contributed by atoms with E-state index in [2.05, 4.69) is 0 Å². The lowest BCUT2D eigenvalue weighted by Gasteiger charge is -2.08. The quantitative estimate of drug-likeness (QED) is 0.875. The van der Waals surface area contributed by atoms with Crippen molar-refractivity contribution in [2.45, 2.75) is 38.5 Å². The standard InChI is InChI=1S/C13H15ClO2/c14-11-7-9-3-1-5-12(9)10(8-11)4-2-6-13(15)16/h7-8H,1-6H2,(H,15,16). The highest BCUT2D eigenvalue weighted by Gasteiger charge is 2.15. The molecule has 1 aliphatic rings. The van der Waals surface area contributed by atoms with Gasteiger partial charge in [0.2, 0.25) is 0 Å². The van der Waals surface area contributed by atoms with Crippen molar-refractivity contribution in [3.63, 3.8) is 0 Å². The average molecular weight is 239 g/mol. The van der Waals surface area contributed by atoms with Crippen molar-refractivity contribution in [2.75, 3.05) is 0 Å². The largest absolute Gasteiger partial charge is 0.481 e. The number of halogens is 1. The van der Waals surface area contributed by atoms with Gasteiger partial charge in [0, 0.05) is 11.4 Å². The van der Waals surface area contributed by atoms with Crippen molar-refractivity contribution in [3.05, 3.63) is 33.8 Å². The Hall–Kier alpha value is -1.02. The zero-order valence-electron chi connectivity index (χ0n) is 9.13. The number of benzene rings is 1. The summed E-state index contributed by atoms with van der Waals surface area (Å²) in [5, 5.41) is 9.40. The smallest absolute Gasteiger partial charge is 0.303 e. The summed E-state index contributed by atoms with van der Waals surface area (Å²) in [6, 6.07) is 4.04. The molecule has 0 fully saturated rings. The molecule has 1 aromatic carbocycles. The van der Waals surface area contributed by atoms with Crippen molar-refractivity contribution in [3.8, 4) is 0 Å². The predicted octanol–water partition coefficient (Wildman–Crippen LogP) is 3.24. The molecule has 0 aromatic heterocycles. The fourth-order valence-electron chi connectivity index (χ4n) is 2.41. The Morgan fingerprint density at radius 1 is 1.38 bits per heavy atom. The predicted molar refractivity (Wildman–Crippen MR) is 64.1 cm³/mol. The Morgan fingerprint density at radius 2 is 2.19 bits per heavy atom. The molecule has 0 saturated heterocycles. The average Bonchev–Trinajstić information content (AvgIpc) is 2.64. The highest BCUT2D eigenvalue weighted by atomic mass is 35.5. The van der Waals surface area contributed by atoms with E-state index in [1.165, 1.54) is 23.1 Å². The van der Waals surface area contributed by atoms with Crippen molar-refractivity contribution in [1.82, 2.24) is 0 Å². The fraction of sp³-hybridized carbons (Fsp3) is 0.462. The highest BCUT2D eigenvalue weighted by Crippen LogP contribution is 2.29. The SMILES string of the molecule is O=C(O)CCCc1cc(Cl)cc2c1CCC2. The zero-order valence-corrected chi connectivity index (χ0v) is 9.89. The topological polar surface area (TPSA) is 37.3 Å². The van der Waals surface area contributed by atoms with Crippen molar-refractivity contribution < 1.29 is 9.90 Å². The Balaban J connectivity index is 2.11. The van der Waals surface area contributed by atoms with Crippen LogP contribution in [0.5, 0.6) is 0 Å². The van der Waals surface area contributed by atoms with E-state index in [0.29, 0.717) is 6.42 Å². The molecule has 0 amide bonds. The molecule has 86 valence electrons.